The van der Waals surface area contributed by atoms with Gasteiger partial charge in [0.25, 0.3) is 0 Å². The number of aryl methyl sites for hydroxylation is 2. The average molecular weight is 759 g/mol. The molecule has 0 radical (unpaired) electrons. The Balaban J connectivity index is 1.30. The van der Waals surface area contributed by atoms with E-state index in [0.717, 1.165) is 48.7 Å². The van der Waals surface area contributed by atoms with E-state index in [9.17, 15) is 20.0 Å². The second-order valence-corrected chi connectivity index (χ2v) is 17.6. The van der Waals surface area contributed by atoms with Gasteiger partial charge in [-0.05, 0) is 90.0 Å². The van der Waals surface area contributed by atoms with E-state index in [1.807, 2.05) is 43.6 Å². The zero-order valence-corrected chi connectivity index (χ0v) is 31.8. The van der Waals surface area contributed by atoms with Crippen LogP contribution in [0.2, 0.25) is 10.0 Å². The van der Waals surface area contributed by atoms with Gasteiger partial charge in [0, 0.05) is 64.5 Å². The van der Waals surface area contributed by atoms with Crippen LogP contribution in [0.3, 0.4) is 0 Å². The van der Waals surface area contributed by atoms with Gasteiger partial charge in [-0.15, -0.1) is 0 Å². The Morgan fingerprint density at radius 2 is 1.91 bits per heavy atom. The second kappa shape index (κ2) is 12.0. The highest BCUT2D eigenvalue weighted by Crippen LogP contribution is 2.60. The van der Waals surface area contributed by atoms with Gasteiger partial charge in [-0.25, -0.2) is 14.2 Å². The molecule has 3 saturated heterocycles. The number of carbonyl (C=O) groups is 2. The van der Waals surface area contributed by atoms with Crippen LogP contribution in [0.15, 0.2) is 30.3 Å². The predicted octanol–water partition coefficient (Wildman–Crippen LogP) is 8.82. The first-order chi connectivity index (χ1) is 25.2. The maximum atomic E-state index is 17.3. The zero-order valence-electron chi connectivity index (χ0n) is 30.3. The van der Waals surface area contributed by atoms with Crippen LogP contribution in [0.1, 0.15) is 94.8 Å². The van der Waals surface area contributed by atoms with E-state index in [-0.39, 0.29) is 64.9 Å². The largest absolute Gasteiger partial charge is 0.444 e. The number of nitrogens with zero attached hydrogens (tertiary/aromatic N) is 5. The fraction of sp³-hybridized carbons (Fsp3) is 0.512. The molecule has 2 aromatic carbocycles. The van der Waals surface area contributed by atoms with E-state index < -0.39 is 29.1 Å². The Morgan fingerprint density at radius 3 is 2.58 bits per heavy atom. The summed E-state index contributed by atoms with van der Waals surface area (Å²) in [6.07, 6.45) is 3.83. The molecule has 5 atom stereocenters. The molecule has 2 amide bonds. The SMILES string of the molecule is Cc1nc2c(F)c(-c3cccc(Cl)c3Cl)c(CCC#N)cc2c2c1cc([C@H]1C[C@H](O)C3(CC3)N1C(=O)C1CC1)n2[C@H]1[C@@H]2C[C@H]1N(C(=O)OC(C)(C)C)C2. The molecule has 9 nitrogen and oxygen atoms in total. The van der Waals surface area contributed by atoms with Crippen molar-refractivity contribution in [1.82, 2.24) is 19.4 Å². The van der Waals surface area contributed by atoms with Crippen LogP contribution in [0.25, 0.3) is 32.9 Å². The summed E-state index contributed by atoms with van der Waals surface area (Å²) in [5.74, 6) is -0.380. The van der Waals surface area contributed by atoms with Gasteiger partial charge >= 0.3 is 6.09 Å². The third-order valence-corrected chi connectivity index (χ3v) is 13.2. The number of fused-ring (bicyclic) bond motifs is 4. The number of benzene rings is 2. The molecule has 6 aliphatic rings. The van der Waals surface area contributed by atoms with Crippen molar-refractivity contribution in [3.8, 4) is 17.2 Å². The van der Waals surface area contributed by atoms with Gasteiger partial charge in [0.2, 0.25) is 5.91 Å². The molecule has 3 saturated carbocycles. The molecule has 5 heterocycles. The number of aliphatic hydroxyl groups is 1. The van der Waals surface area contributed by atoms with Crippen molar-refractivity contribution in [3.63, 3.8) is 0 Å². The number of carbonyl (C=O) groups excluding carboxylic acids is 2. The molecule has 0 unspecified atom stereocenters. The number of amides is 2. The molecular formula is C41H42Cl2FN5O4. The van der Waals surface area contributed by atoms with Gasteiger partial charge in [0.05, 0.1) is 51.4 Å². The van der Waals surface area contributed by atoms with Crippen molar-refractivity contribution in [2.45, 2.75) is 114 Å². The van der Waals surface area contributed by atoms with Crippen LogP contribution in [-0.4, -0.2) is 66.3 Å². The quantitative estimate of drug-likeness (QED) is 0.211. The minimum atomic E-state index is -0.660. The molecule has 1 N–H and O–H groups in total. The van der Waals surface area contributed by atoms with E-state index in [2.05, 4.69) is 16.7 Å². The van der Waals surface area contributed by atoms with Crippen molar-refractivity contribution in [2.24, 2.45) is 11.8 Å². The monoisotopic (exact) mass is 757 g/mol. The summed E-state index contributed by atoms with van der Waals surface area (Å²) in [6.45, 7) is 7.96. The highest BCUT2D eigenvalue weighted by Gasteiger charge is 2.65. The van der Waals surface area contributed by atoms with E-state index in [1.165, 1.54) is 0 Å². The van der Waals surface area contributed by atoms with Crippen LogP contribution < -0.4 is 0 Å². The zero-order chi connectivity index (χ0) is 37.3. The number of hydrogen-bond acceptors (Lipinski definition) is 6. The summed E-state index contributed by atoms with van der Waals surface area (Å²) in [6, 6.07) is 10.6. The van der Waals surface area contributed by atoms with Crippen LogP contribution in [0.4, 0.5) is 9.18 Å². The van der Waals surface area contributed by atoms with Gasteiger partial charge in [-0.3, -0.25) is 4.79 Å². The Morgan fingerprint density at radius 1 is 1.15 bits per heavy atom. The Labute approximate surface area is 317 Å². The minimum Gasteiger partial charge on any atom is -0.444 e. The number of halogens is 3. The number of aromatic nitrogens is 2. The van der Waals surface area contributed by atoms with Crippen molar-refractivity contribution >= 4 is 57.0 Å². The second-order valence-electron chi connectivity index (χ2n) is 16.8. The number of nitriles is 1. The maximum absolute atomic E-state index is 17.3. The lowest BCUT2D eigenvalue weighted by molar-refractivity contribution is -0.137. The van der Waals surface area contributed by atoms with E-state index in [0.29, 0.717) is 40.2 Å². The number of ether oxygens (including phenoxy) is 1. The van der Waals surface area contributed by atoms with Crippen LogP contribution in [-0.2, 0) is 16.0 Å². The first kappa shape index (κ1) is 34.8. The van der Waals surface area contributed by atoms with Gasteiger partial charge in [-0.1, -0.05) is 35.3 Å². The molecule has 3 aliphatic carbocycles. The fourth-order valence-corrected chi connectivity index (χ4v) is 10.0. The molecule has 12 heteroatoms. The van der Waals surface area contributed by atoms with Gasteiger partial charge in [0.1, 0.15) is 11.1 Å². The topological polar surface area (TPSA) is 112 Å². The summed E-state index contributed by atoms with van der Waals surface area (Å²) in [7, 11) is 0. The predicted molar refractivity (Wildman–Crippen MR) is 200 cm³/mol. The molecule has 3 aliphatic heterocycles. The summed E-state index contributed by atoms with van der Waals surface area (Å²) in [4.78, 5) is 36.4. The number of hydrogen-bond donors (Lipinski definition) is 1. The summed E-state index contributed by atoms with van der Waals surface area (Å²) in [5, 5.41) is 23.1. The highest BCUT2D eigenvalue weighted by molar-refractivity contribution is 6.43. The molecular weight excluding hydrogens is 716 g/mol. The molecule has 6 fully saturated rings. The molecule has 10 rings (SSSR count). The molecule has 276 valence electrons. The maximum Gasteiger partial charge on any atom is 0.410 e. The van der Waals surface area contributed by atoms with Crippen LogP contribution in [0, 0.1) is 35.9 Å². The lowest BCUT2D eigenvalue weighted by Crippen LogP contribution is -2.46. The summed E-state index contributed by atoms with van der Waals surface area (Å²) in [5.41, 5.74) is 2.51. The Hall–Kier alpha value is -3.91. The van der Waals surface area contributed by atoms with Gasteiger partial charge in [-0.2, -0.15) is 5.26 Å². The normalized spacial score (nSPS) is 25.7. The third kappa shape index (κ3) is 5.28. The average Bonchev–Trinajstić information content (AvgIpc) is 3.95. The number of pyridine rings is 1. The lowest BCUT2D eigenvalue weighted by atomic mass is 9.79. The molecule has 2 aromatic heterocycles. The number of aliphatic hydroxyl groups excluding tert-OH is 1. The van der Waals surface area contributed by atoms with E-state index >= 15 is 4.39 Å². The number of likely N-dealkylation sites (tertiary alicyclic amines) is 1. The molecule has 1 spiro atoms. The van der Waals surface area contributed by atoms with E-state index in [1.54, 1.807) is 18.2 Å². The summed E-state index contributed by atoms with van der Waals surface area (Å²) >= 11 is 13.1. The van der Waals surface area contributed by atoms with Gasteiger partial charge < -0.3 is 24.2 Å². The van der Waals surface area contributed by atoms with Crippen molar-refractivity contribution < 1.29 is 23.8 Å². The minimum absolute atomic E-state index is 0.0293. The summed E-state index contributed by atoms with van der Waals surface area (Å²) < 4.78 is 25.4. The fourth-order valence-electron chi connectivity index (χ4n) is 9.62. The van der Waals surface area contributed by atoms with Crippen molar-refractivity contribution in [1.29, 1.82) is 5.26 Å². The standard InChI is InChI=1S/C41H42Cl2FN5O4/c1-20-25-17-28(29-18-31(50)41(12-13-41)49(29)38(51)21-10-11-21)48(36-23-16-30(36)47(19-23)39(52)53-40(2,3)4)37(25)26-15-22(7-6-14-45)32(34(44)35(26)46-20)24-8-5-9-27(42)33(24)43/h5,8-9,15,17,21,23,29-31,36,50H,6-7,10-13,16,18-19H2,1-4H3/t23-,29-,30-,31+,36+/m1/s1. The smallest absolute Gasteiger partial charge is 0.410 e. The molecule has 4 aromatic rings. The van der Waals surface area contributed by atoms with Crippen LogP contribution >= 0.6 is 23.2 Å². The van der Waals surface area contributed by atoms with Gasteiger partial charge in [0.15, 0.2) is 5.82 Å². The van der Waals surface area contributed by atoms with Crippen LogP contribution in [0.5, 0.6) is 0 Å². The Kier molecular flexibility index (Phi) is 7.92. The first-order valence-electron chi connectivity index (χ1n) is 18.7. The molecule has 2 bridgehead atoms. The van der Waals surface area contributed by atoms with Crippen molar-refractivity contribution in [2.75, 3.05) is 6.54 Å². The lowest BCUT2D eigenvalue weighted by Gasteiger charge is -2.41. The van der Waals surface area contributed by atoms with E-state index in [4.69, 9.17) is 32.9 Å². The van der Waals surface area contributed by atoms with Crippen molar-refractivity contribution in [3.05, 3.63) is 63.1 Å². The third-order valence-electron chi connectivity index (χ3n) is 12.3. The number of rotatable bonds is 6. The molecule has 53 heavy (non-hydrogen) atoms. The Bertz CT molecular complexity index is 2290. The first-order valence-corrected chi connectivity index (χ1v) is 19.5. The highest BCUT2D eigenvalue weighted by atomic mass is 35.5.